The molecule has 1 rings (SSSR count). The molecule has 0 bridgehead atoms. The van der Waals surface area contributed by atoms with Crippen molar-refractivity contribution in [3.63, 3.8) is 0 Å². The lowest BCUT2D eigenvalue weighted by Crippen LogP contribution is -2.32. The third kappa shape index (κ3) is 3.30. The molecule has 0 aromatic carbocycles. The molecule has 1 aliphatic carbocycles. The molecule has 13 heavy (non-hydrogen) atoms. The normalized spacial score (nSPS) is 18.8. The minimum atomic E-state index is -0.0791. The van der Waals surface area contributed by atoms with Crippen LogP contribution in [0.25, 0.3) is 0 Å². The summed E-state index contributed by atoms with van der Waals surface area (Å²) in [4.78, 5) is 11.8. The molecule has 0 spiro atoms. The third-order valence-electron chi connectivity index (χ3n) is 2.20. The van der Waals surface area contributed by atoms with Crippen LogP contribution in [0.3, 0.4) is 0 Å². The molecule has 0 unspecified atom stereocenters. The second-order valence-electron chi connectivity index (χ2n) is 3.27. The van der Waals surface area contributed by atoms with E-state index < -0.39 is 0 Å². The van der Waals surface area contributed by atoms with Crippen molar-refractivity contribution in [2.24, 2.45) is 0 Å². The summed E-state index contributed by atoms with van der Waals surface area (Å²) in [6.45, 7) is 0. The molecule has 74 valence electrons. The first-order chi connectivity index (χ1) is 6.24. The molecule has 1 aliphatic rings. The van der Waals surface area contributed by atoms with Gasteiger partial charge < -0.3 is 10.6 Å². The van der Waals surface area contributed by atoms with E-state index in [9.17, 15) is 4.79 Å². The summed E-state index contributed by atoms with van der Waals surface area (Å²) in [5.74, 6) is -0.0791. The topological polar surface area (TPSA) is 41.1 Å². The lowest BCUT2D eigenvalue weighted by atomic mass is 10.2. The molecule has 0 heterocycles. The highest BCUT2D eigenvalue weighted by Crippen LogP contribution is 2.18. The zero-order chi connectivity index (χ0) is 9.68. The van der Waals surface area contributed by atoms with Crippen LogP contribution in [0.4, 0.5) is 0 Å². The Morgan fingerprint density at radius 1 is 1.46 bits per heavy atom. The number of carbonyl (C=O) groups excluding carboxylic acids is 1. The summed E-state index contributed by atoms with van der Waals surface area (Å²) in [7, 11) is 1.75. The highest BCUT2D eigenvalue weighted by molar-refractivity contribution is 7.85. The van der Waals surface area contributed by atoms with Gasteiger partial charge in [-0.25, -0.2) is 0 Å². The number of rotatable bonds is 3. The van der Waals surface area contributed by atoms with Crippen LogP contribution in [0.15, 0.2) is 11.1 Å². The van der Waals surface area contributed by atoms with Gasteiger partial charge >= 0.3 is 0 Å². The smallest absolute Gasteiger partial charge is 0.259 e. The first-order valence-electron chi connectivity index (χ1n) is 4.61. The SMILES string of the molecule is CN/C=C(\S)C(=O)NC1CCCC1. The van der Waals surface area contributed by atoms with E-state index in [1.54, 1.807) is 13.2 Å². The molecule has 0 atom stereocenters. The maximum absolute atomic E-state index is 11.4. The molecule has 1 fully saturated rings. The van der Waals surface area contributed by atoms with E-state index in [4.69, 9.17) is 0 Å². The summed E-state index contributed by atoms with van der Waals surface area (Å²) >= 11 is 4.06. The van der Waals surface area contributed by atoms with E-state index in [2.05, 4.69) is 23.3 Å². The van der Waals surface area contributed by atoms with E-state index in [1.165, 1.54) is 12.8 Å². The average Bonchev–Trinajstić information content (AvgIpc) is 2.57. The molecule has 0 aromatic rings. The minimum absolute atomic E-state index is 0.0791. The molecule has 0 saturated heterocycles. The molecule has 3 nitrogen and oxygen atoms in total. The van der Waals surface area contributed by atoms with Gasteiger partial charge in [-0.2, -0.15) is 0 Å². The highest BCUT2D eigenvalue weighted by atomic mass is 32.1. The van der Waals surface area contributed by atoms with Crippen molar-refractivity contribution in [1.82, 2.24) is 10.6 Å². The zero-order valence-electron chi connectivity index (χ0n) is 7.84. The van der Waals surface area contributed by atoms with Gasteiger partial charge in [0.15, 0.2) is 0 Å². The van der Waals surface area contributed by atoms with Crippen LogP contribution in [0.1, 0.15) is 25.7 Å². The number of carbonyl (C=O) groups is 1. The fourth-order valence-corrected chi connectivity index (χ4v) is 1.73. The first kappa shape index (κ1) is 10.4. The molecule has 1 amide bonds. The van der Waals surface area contributed by atoms with Gasteiger partial charge in [0.1, 0.15) is 0 Å². The standard InChI is InChI=1S/C9H16N2OS/c1-10-6-8(13)9(12)11-7-4-2-3-5-7/h6-7,10,13H,2-5H2,1H3,(H,11,12)/b8-6-. The number of nitrogens with one attached hydrogen (secondary N) is 2. The summed E-state index contributed by atoms with van der Waals surface area (Å²) in [6.07, 6.45) is 6.25. The van der Waals surface area contributed by atoms with Crippen LogP contribution >= 0.6 is 12.6 Å². The Morgan fingerprint density at radius 3 is 2.62 bits per heavy atom. The van der Waals surface area contributed by atoms with E-state index in [0.29, 0.717) is 10.9 Å². The van der Waals surface area contributed by atoms with Crippen LogP contribution in [0.2, 0.25) is 0 Å². The Balaban J connectivity index is 2.35. The first-order valence-corrected chi connectivity index (χ1v) is 5.06. The fourth-order valence-electron chi connectivity index (χ4n) is 1.53. The maximum Gasteiger partial charge on any atom is 0.259 e. The molecular weight excluding hydrogens is 184 g/mol. The van der Waals surface area contributed by atoms with E-state index in [0.717, 1.165) is 12.8 Å². The van der Waals surface area contributed by atoms with Gasteiger partial charge in [0.25, 0.3) is 5.91 Å². The summed E-state index contributed by atoms with van der Waals surface area (Å²) < 4.78 is 0. The van der Waals surface area contributed by atoms with Crippen LogP contribution in [0.5, 0.6) is 0 Å². The summed E-state index contributed by atoms with van der Waals surface area (Å²) in [5.41, 5.74) is 0. The van der Waals surface area contributed by atoms with Gasteiger partial charge in [0, 0.05) is 19.3 Å². The molecular formula is C9H16N2OS. The van der Waals surface area contributed by atoms with E-state index >= 15 is 0 Å². The summed E-state index contributed by atoms with van der Waals surface area (Å²) in [5, 5.41) is 5.71. The van der Waals surface area contributed by atoms with Crippen LogP contribution in [-0.4, -0.2) is 19.0 Å². The highest BCUT2D eigenvalue weighted by Gasteiger charge is 2.17. The van der Waals surface area contributed by atoms with Gasteiger partial charge in [-0.3, -0.25) is 4.79 Å². The fraction of sp³-hybridized carbons (Fsp3) is 0.667. The second-order valence-corrected chi connectivity index (χ2v) is 3.75. The molecule has 0 radical (unpaired) electrons. The van der Waals surface area contributed by atoms with Crippen molar-refractivity contribution in [2.45, 2.75) is 31.7 Å². The zero-order valence-corrected chi connectivity index (χ0v) is 8.73. The van der Waals surface area contributed by atoms with Crippen molar-refractivity contribution >= 4 is 18.5 Å². The third-order valence-corrected chi connectivity index (χ3v) is 2.54. The van der Waals surface area contributed by atoms with Crippen LogP contribution in [0, 0.1) is 0 Å². The summed E-state index contributed by atoms with van der Waals surface area (Å²) in [6, 6.07) is 0.361. The van der Waals surface area contributed by atoms with Crippen molar-refractivity contribution in [3.05, 3.63) is 11.1 Å². The molecule has 0 aromatic heterocycles. The second kappa shape index (κ2) is 5.17. The van der Waals surface area contributed by atoms with Gasteiger partial charge in [-0.15, -0.1) is 12.6 Å². The Bertz CT molecular complexity index is 210. The predicted molar refractivity (Wildman–Crippen MR) is 56.5 cm³/mol. The molecule has 1 saturated carbocycles. The van der Waals surface area contributed by atoms with E-state index in [-0.39, 0.29) is 5.91 Å². The Hall–Kier alpha value is -0.640. The number of hydrogen-bond acceptors (Lipinski definition) is 3. The Labute approximate surface area is 84.4 Å². The van der Waals surface area contributed by atoms with Crippen LogP contribution < -0.4 is 10.6 Å². The van der Waals surface area contributed by atoms with E-state index in [1.807, 2.05) is 0 Å². The molecule has 4 heteroatoms. The minimum Gasteiger partial charge on any atom is -0.393 e. The monoisotopic (exact) mass is 200 g/mol. The number of thiol groups is 1. The lowest BCUT2D eigenvalue weighted by Gasteiger charge is -2.11. The maximum atomic E-state index is 11.4. The Morgan fingerprint density at radius 2 is 2.08 bits per heavy atom. The number of amides is 1. The number of hydrogen-bond donors (Lipinski definition) is 3. The molecule has 0 aliphatic heterocycles. The van der Waals surface area contributed by atoms with Gasteiger partial charge in [-0.05, 0) is 12.8 Å². The lowest BCUT2D eigenvalue weighted by molar-refractivity contribution is -0.117. The van der Waals surface area contributed by atoms with Gasteiger partial charge in [0.2, 0.25) is 0 Å². The van der Waals surface area contributed by atoms with Gasteiger partial charge in [0.05, 0.1) is 4.91 Å². The predicted octanol–water partition coefficient (Wildman–Crippen LogP) is 1.04. The van der Waals surface area contributed by atoms with Crippen molar-refractivity contribution < 1.29 is 4.79 Å². The van der Waals surface area contributed by atoms with Crippen molar-refractivity contribution in [1.29, 1.82) is 0 Å². The van der Waals surface area contributed by atoms with Crippen LogP contribution in [-0.2, 0) is 4.79 Å². The Kier molecular flexibility index (Phi) is 4.15. The van der Waals surface area contributed by atoms with Crippen molar-refractivity contribution in [3.8, 4) is 0 Å². The molecule has 2 N–H and O–H groups in total. The average molecular weight is 200 g/mol. The quantitative estimate of drug-likeness (QED) is 0.470. The van der Waals surface area contributed by atoms with Gasteiger partial charge in [-0.1, -0.05) is 12.8 Å². The largest absolute Gasteiger partial charge is 0.393 e. The van der Waals surface area contributed by atoms with Crippen molar-refractivity contribution in [2.75, 3.05) is 7.05 Å².